The second-order valence-electron chi connectivity index (χ2n) is 4.46. The molecular formula is C13H17N5O2S. The Bertz CT molecular complexity index is 732. The molecule has 0 saturated carbocycles. The molecule has 0 aliphatic carbocycles. The van der Waals surface area contributed by atoms with Crippen molar-refractivity contribution in [1.82, 2.24) is 9.97 Å². The molecule has 1 aromatic heterocycles. The summed E-state index contributed by atoms with van der Waals surface area (Å²) < 4.78 is 27.1. The van der Waals surface area contributed by atoms with E-state index in [9.17, 15) is 8.42 Å². The highest BCUT2D eigenvalue weighted by Crippen LogP contribution is 2.24. The summed E-state index contributed by atoms with van der Waals surface area (Å²) in [6.45, 7) is 1.95. The molecule has 0 spiro atoms. The van der Waals surface area contributed by atoms with E-state index in [4.69, 9.17) is 11.5 Å². The summed E-state index contributed by atoms with van der Waals surface area (Å²) in [6, 6.07) is 8.02. The second-order valence-corrected chi connectivity index (χ2v) is 6.15. The first-order valence-electron chi connectivity index (χ1n) is 6.43. The molecule has 0 amide bonds. The number of aromatic nitrogens is 2. The Labute approximate surface area is 123 Å². The molecule has 0 saturated heterocycles. The van der Waals surface area contributed by atoms with Crippen molar-refractivity contribution in [2.75, 3.05) is 16.2 Å². The van der Waals surface area contributed by atoms with Crippen LogP contribution in [0.4, 0.5) is 17.6 Å². The lowest BCUT2D eigenvalue weighted by Crippen LogP contribution is -2.17. The summed E-state index contributed by atoms with van der Waals surface area (Å²) in [5.74, 6) is 0.249. The Kier molecular flexibility index (Phi) is 4.27. The zero-order valence-corrected chi connectivity index (χ0v) is 12.4. The molecule has 7 nitrogen and oxygen atoms in total. The molecule has 0 aliphatic rings. The summed E-state index contributed by atoms with van der Waals surface area (Å²) >= 11 is 0. The first-order valence-corrected chi connectivity index (χ1v) is 7.92. The van der Waals surface area contributed by atoms with Gasteiger partial charge in [0.15, 0.2) is 5.82 Å². The summed E-state index contributed by atoms with van der Waals surface area (Å²) in [6.07, 6.45) is 1.33. The van der Waals surface area contributed by atoms with Gasteiger partial charge < -0.3 is 11.5 Å². The van der Waals surface area contributed by atoms with Crippen LogP contribution in [0.1, 0.15) is 18.9 Å². The van der Waals surface area contributed by atoms with E-state index < -0.39 is 10.0 Å². The molecule has 0 unspecified atom stereocenters. The number of nitrogens with two attached hydrogens (primary N) is 2. The number of nitrogens with zero attached hydrogens (tertiary/aromatic N) is 2. The maximum absolute atomic E-state index is 12.3. The molecule has 0 aliphatic heterocycles. The average molecular weight is 307 g/mol. The largest absolute Gasteiger partial charge is 0.383 e. The van der Waals surface area contributed by atoms with E-state index in [2.05, 4.69) is 14.7 Å². The molecule has 2 aromatic rings. The van der Waals surface area contributed by atoms with Crippen LogP contribution in [0.25, 0.3) is 0 Å². The molecule has 2 rings (SSSR count). The topological polar surface area (TPSA) is 124 Å². The van der Waals surface area contributed by atoms with E-state index >= 15 is 0 Å². The van der Waals surface area contributed by atoms with Gasteiger partial charge in [0.1, 0.15) is 5.82 Å². The van der Waals surface area contributed by atoms with Gasteiger partial charge in [0, 0.05) is 5.56 Å². The van der Waals surface area contributed by atoms with Crippen LogP contribution in [0.15, 0.2) is 35.2 Å². The normalized spacial score (nSPS) is 11.3. The van der Waals surface area contributed by atoms with Gasteiger partial charge in [-0.15, -0.1) is 0 Å². The van der Waals surface area contributed by atoms with Crippen LogP contribution in [0.3, 0.4) is 0 Å². The third kappa shape index (κ3) is 3.40. The minimum atomic E-state index is -3.74. The Hall–Kier alpha value is -2.35. The van der Waals surface area contributed by atoms with Crippen LogP contribution >= 0.6 is 0 Å². The van der Waals surface area contributed by atoms with Gasteiger partial charge in [0.2, 0.25) is 5.95 Å². The SMILES string of the molecule is CCCc1c(N)nc(N)nc1NS(=O)(=O)c1ccccc1. The van der Waals surface area contributed by atoms with Crippen molar-refractivity contribution < 1.29 is 8.42 Å². The van der Waals surface area contributed by atoms with Crippen LogP contribution < -0.4 is 16.2 Å². The zero-order valence-electron chi connectivity index (χ0n) is 11.6. The van der Waals surface area contributed by atoms with Crippen LogP contribution in [0.2, 0.25) is 0 Å². The minimum absolute atomic E-state index is 0.0712. The third-order valence-corrected chi connectivity index (χ3v) is 4.20. The Morgan fingerprint density at radius 2 is 1.81 bits per heavy atom. The molecule has 0 fully saturated rings. The van der Waals surface area contributed by atoms with E-state index in [-0.39, 0.29) is 22.5 Å². The maximum Gasteiger partial charge on any atom is 0.263 e. The lowest BCUT2D eigenvalue weighted by atomic mass is 10.1. The fourth-order valence-corrected chi connectivity index (χ4v) is 2.94. The molecule has 1 aromatic carbocycles. The highest BCUT2D eigenvalue weighted by molar-refractivity contribution is 7.92. The fraction of sp³-hybridized carbons (Fsp3) is 0.231. The second kappa shape index (κ2) is 5.96. The predicted molar refractivity (Wildman–Crippen MR) is 82.1 cm³/mol. The van der Waals surface area contributed by atoms with Gasteiger partial charge in [-0.1, -0.05) is 31.5 Å². The summed E-state index contributed by atoms with van der Waals surface area (Å²) in [5.41, 5.74) is 11.9. The number of sulfonamides is 1. The lowest BCUT2D eigenvalue weighted by molar-refractivity contribution is 0.601. The number of anilines is 3. The van der Waals surface area contributed by atoms with Crippen molar-refractivity contribution in [2.45, 2.75) is 24.7 Å². The fourth-order valence-electron chi connectivity index (χ4n) is 1.89. The summed E-state index contributed by atoms with van der Waals surface area (Å²) in [4.78, 5) is 7.97. The van der Waals surface area contributed by atoms with Gasteiger partial charge in [0.25, 0.3) is 10.0 Å². The Morgan fingerprint density at radius 3 is 2.43 bits per heavy atom. The van der Waals surface area contributed by atoms with E-state index in [1.807, 2.05) is 6.92 Å². The van der Waals surface area contributed by atoms with E-state index in [1.165, 1.54) is 12.1 Å². The zero-order chi connectivity index (χ0) is 15.5. The van der Waals surface area contributed by atoms with E-state index in [0.717, 1.165) is 6.42 Å². The van der Waals surface area contributed by atoms with Gasteiger partial charge >= 0.3 is 0 Å². The molecule has 0 radical (unpaired) electrons. The van der Waals surface area contributed by atoms with Crippen LogP contribution in [0, 0.1) is 0 Å². The van der Waals surface area contributed by atoms with Gasteiger partial charge in [0.05, 0.1) is 4.90 Å². The van der Waals surface area contributed by atoms with Gasteiger partial charge in [-0.25, -0.2) is 8.42 Å². The number of hydrogen-bond donors (Lipinski definition) is 3. The van der Waals surface area contributed by atoms with Crippen LogP contribution in [0.5, 0.6) is 0 Å². The van der Waals surface area contributed by atoms with Gasteiger partial charge in [-0.2, -0.15) is 9.97 Å². The van der Waals surface area contributed by atoms with Crippen molar-refractivity contribution in [3.8, 4) is 0 Å². The molecule has 21 heavy (non-hydrogen) atoms. The number of nitrogen functional groups attached to an aromatic ring is 2. The van der Waals surface area contributed by atoms with Crippen LogP contribution in [-0.2, 0) is 16.4 Å². The first-order chi connectivity index (χ1) is 9.94. The van der Waals surface area contributed by atoms with Crippen molar-refractivity contribution in [2.24, 2.45) is 0 Å². The van der Waals surface area contributed by atoms with Crippen molar-refractivity contribution in [3.05, 3.63) is 35.9 Å². The Morgan fingerprint density at radius 1 is 1.14 bits per heavy atom. The average Bonchev–Trinajstić information content (AvgIpc) is 2.43. The van der Waals surface area contributed by atoms with E-state index in [0.29, 0.717) is 12.0 Å². The smallest absolute Gasteiger partial charge is 0.263 e. The summed E-state index contributed by atoms with van der Waals surface area (Å²) in [7, 11) is -3.74. The molecule has 1 heterocycles. The molecule has 8 heteroatoms. The molecule has 112 valence electrons. The third-order valence-electron chi connectivity index (χ3n) is 2.84. The number of rotatable bonds is 5. The Balaban J connectivity index is 2.44. The molecule has 0 bridgehead atoms. The summed E-state index contributed by atoms with van der Waals surface area (Å²) in [5, 5.41) is 0. The number of nitrogens with one attached hydrogen (secondary N) is 1. The maximum atomic E-state index is 12.3. The molecule has 0 atom stereocenters. The van der Waals surface area contributed by atoms with Crippen molar-refractivity contribution in [3.63, 3.8) is 0 Å². The standard InChI is InChI=1S/C13H17N5O2S/c1-2-6-10-11(14)16-13(15)17-12(10)18-21(19,20)9-7-4-3-5-8-9/h3-5,7-8H,2,6H2,1H3,(H5,14,15,16,17,18). The van der Waals surface area contributed by atoms with Gasteiger partial charge in [-0.3, -0.25) is 4.72 Å². The van der Waals surface area contributed by atoms with E-state index in [1.54, 1.807) is 18.2 Å². The lowest BCUT2D eigenvalue weighted by Gasteiger charge is -2.13. The van der Waals surface area contributed by atoms with Gasteiger partial charge in [-0.05, 0) is 18.6 Å². The predicted octanol–water partition coefficient (Wildman–Crippen LogP) is 1.39. The molecule has 5 N–H and O–H groups in total. The van der Waals surface area contributed by atoms with Crippen molar-refractivity contribution >= 4 is 27.6 Å². The first kappa shape index (κ1) is 15.0. The number of benzene rings is 1. The monoisotopic (exact) mass is 307 g/mol. The quantitative estimate of drug-likeness (QED) is 0.767. The highest BCUT2D eigenvalue weighted by Gasteiger charge is 2.19. The highest BCUT2D eigenvalue weighted by atomic mass is 32.2. The van der Waals surface area contributed by atoms with Crippen molar-refractivity contribution in [1.29, 1.82) is 0 Å². The molecular weight excluding hydrogens is 290 g/mol. The number of hydrogen-bond acceptors (Lipinski definition) is 6. The van der Waals surface area contributed by atoms with Crippen LogP contribution in [-0.4, -0.2) is 18.4 Å². The minimum Gasteiger partial charge on any atom is -0.383 e.